The summed E-state index contributed by atoms with van der Waals surface area (Å²) in [5.41, 5.74) is -0.863. The summed E-state index contributed by atoms with van der Waals surface area (Å²) >= 11 is 0. The van der Waals surface area contributed by atoms with Crippen LogP contribution in [0.4, 0.5) is 4.79 Å². The number of rotatable bonds is 9. The van der Waals surface area contributed by atoms with Crippen molar-refractivity contribution >= 4 is 23.9 Å². The maximum atomic E-state index is 13.9. The van der Waals surface area contributed by atoms with E-state index in [1.807, 2.05) is 44.2 Å². The number of aliphatic hydroxyl groups excluding tert-OH is 1. The number of hydrogen-bond donors (Lipinski definition) is 4. The van der Waals surface area contributed by atoms with Crippen molar-refractivity contribution in [2.75, 3.05) is 13.1 Å². The molecule has 0 aromatic heterocycles. The van der Waals surface area contributed by atoms with Gasteiger partial charge >= 0.3 is 12.1 Å². The number of carboxylic acids is 1. The highest BCUT2D eigenvalue weighted by molar-refractivity contribution is 5.94. The highest BCUT2D eigenvalue weighted by Gasteiger charge is 2.45. The zero-order valence-electron chi connectivity index (χ0n) is 22.6. The number of carbonyl (C=O) groups excluding carboxylic acids is 3. The van der Waals surface area contributed by atoms with Gasteiger partial charge < -0.3 is 30.5 Å². The Morgan fingerprint density at radius 2 is 1.59 bits per heavy atom. The number of benzene rings is 1. The molecule has 3 amide bonds. The Morgan fingerprint density at radius 3 is 2.05 bits per heavy atom. The van der Waals surface area contributed by atoms with Gasteiger partial charge in [0.2, 0.25) is 11.8 Å². The van der Waals surface area contributed by atoms with Crippen LogP contribution in [0.15, 0.2) is 30.3 Å². The molecule has 206 valence electrons. The lowest BCUT2D eigenvalue weighted by Crippen LogP contribution is -2.59. The molecule has 37 heavy (non-hydrogen) atoms. The number of hydrogen-bond acceptors (Lipinski definition) is 6. The molecular weight excluding hydrogens is 478 g/mol. The van der Waals surface area contributed by atoms with Crippen LogP contribution < -0.4 is 10.6 Å². The topological polar surface area (TPSA) is 145 Å². The Morgan fingerprint density at radius 1 is 1.03 bits per heavy atom. The summed E-state index contributed by atoms with van der Waals surface area (Å²) in [4.78, 5) is 52.6. The van der Waals surface area contributed by atoms with E-state index in [1.54, 1.807) is 25.7 Å². The molecule has 1 fully saturated rings. The van der Waals surface area contributed by atoms with Crippen LogP contribution in [0.25, 0.3) is 0 Å². The van der Waals surface area contributed by atoms with Crippen molar-refractivity contribution in [1.29, 1.82) is 0 Å². The smallest absolute Gasteiger partial charge is 0.410 e. The molecule has 1 aromatic rings. The molecule has 1 unspecified atom stereocenters. The first-order valence-corrected chi connectivity index (χ1v) is 12.7. The minimum absolute atomic E-state index is 0.0209. The summed E-state index contributed by atoms with van der Waals surface area (Å²) in [5.74, 6) is -2.39. The Labute approximate surface area is 218 Å². The van der Waals surface area contributed by atoms with Crippen LogP contribution >= 0.6 is 0 Å². The van der Waals surface area contributed by atoms with Crippen LogP contribution in [0.5, 0.6) is 0 Å². The zero-order chi connectivity index (χ0) is 28.0. The number of amides is 3. The average Bonchev–Trinajstić information content (AvgIpc) is 2.80. The Kier molecular flexibility index (Phi) is 10.1. The molecule has 4 N–H and O–H groups in total. The summed E-state index contributed by atoms with van der Waals surface area (Å²) in [7, 11) is 0. The predicted octanol–water partition coefficient (Wildman–Crippen LogP) is 2.44. The van der Waals surface area contributed by atoms with E-state index >= 15 is 0 Å². The van der Waals surface area contributed by atoms with Gasteiger partial charge in [-0.15, -0.1) is 0 Å². The van der Waals surface area contributed by atoms with Crippen molar-refractivity contribution in [3.8, 4) is 0 Å². The number of carbonyl (C=O) groups is 4. The molecule has 1 saturated heterocycles. The second kappa shape index (κ2) is 12.4. The number of nitrogens with one attached hydrogen (secondary N) is 2. The van der Waals surface area contributed by atoms with Gasteiger partial charge in [0.1, 0.15) is 11.6 Å². The molecule has 10 nitrogen and oxygen atoms in total. The summed E-state index contributed by atoms with van der Waals surface area (Å²) in [6.07, 6.45) is -0.833. The molecule has 0 spiro atoms. The average molecular weight is 520 g/mol. The number of aliphatic hydroxyl groups is 1. The van der Waals surface area contributed by atoms with Crippen molar-refractivity contribution in [1.82, 2.24) is 15.5 Å². The molecule has 3 atom stereocenters. The number of aliphatic carboxylic acids is 1. The maximum Gasteiger partial charge on any atom is 0.410 e. The predicted molar refractivity (Wildman–Crippen MR) is 138 cm³/mol. The fraction of sp³-hybridized carbons (Fsp3) is 0.630. The number of ether oxygens (including phenoxy) is 1. The normalized spacial score (nSPS) is 17.9. The molecular formula is C27H41N3O7. The first-order valence-electron chi connectivity index (χ1n) is 12.7. The lowest BCUT2D eigenvalue weighted by molar-refractivity contribution is -0.145. The van der Waals surface area contributed by atoms with Gasteiger partial charge in [0.15, 0.2) is 6.04 Å². The Balaban J connectivity index is 2.30. The first-order chi connectivity index (χ1) is 17.2. The molecule has 0 radical (unpaired) electrons. The van der Waals surface area contributed by atoms with E-state index in [0.717, 1.165) is 5.56 Å². The summed E-state index contributed by atoms with van der Waals surface area (Å²) < 4.78 is 5.49. The van der Waals surface area contributed by atoms with E-state index in [9.17, 15) is 29.4 Å². The third-order valence-corrected chi connectivity index (χ3v) is 6.40. The van der Waals surface area contributed by atoms with Gasteiger partial charge in [-0.25, -0.2) is 9.59 Å². The largest absolute Gasteiger partial charge is 0.480 e. The highest BCUT2D eigenvalue weighted by atomic mass is 16.6. The summed E-state index contributed by atoms with van der Waals surface area (Å²) in [6.45, 7) is 11.0. The maximum absolute atomic E-state index is 13.9. The van der Waals surface area contributed by atoms with Gasteiger partial charge in [0.25, 0.3) is 0 Å². The minimum Gasteiger partial charge on any atom is -0.480 e. The van der Waals surface area contributed by atoms with Gasteiger partial charge in [0.05, 0.1) is 11.5 Å². The van der Waals surface area contributed by atoms with Gasteiger partial charge in [-0.2, -0.15) is 0 Å². The van der Waals surface area contributed by atoms with E-state index in [-0.39, 0.29) is 18.2 Å². The van der Waals surface area contributed by atoms with Crippen LogP contribution in [0.3, 0.4) is 0 Å². The molecule has 10 heteroatoms. The van der Waals surface area contributed by atoms with Gasteiger partial charge in [-0.3, -0.25) is 9.59 Å². The number of piperidine rings is 1. The SMILES string of the molecule is CC(C)C[C@H](NC(=O)C1(c2ccccc2)CCN(C(=O)OC(C)(C)C)CC1)C(=O)N[C@H](C(=O)O)C(C)O. The second-order valence-corrected chi connectivity index (χ2v) is 11.1. The third-order valence-electron chi connectivity index (χ3n) is 6.40. The molecule has 1 aromatic carbocycles. The van der Waals surface area contributed by atoms with Crippen LogP contribution in [-0.4, -0.2) is 75.9 Å². The van der Waals surface area contributed by atoms with Crippen LogP contribution in [-0.2, 0) is 24.5 Å². The second-order valence-electron chi connectivity index (χ2n) is 11.1. The first kappa shape index (κ1) is 30.1. The lowest BCUT2D eigenvalue weighted by Gasteiger charge is -2.42. The van der Waals surface area contributed by atoms with Crippen LogP contribution in [0.1, 0.15) is 66.4 Å². The molecule has 0 aliphatic carbocycles. The highest BCUT2D eigenvalue weighted by Crippen LogP contribution is 2.36. The Hall–Kier alpha value is -3.14. The van der Waals surface area contributed by atoms with Gasteiger partial charge in [-0.05, 0) is 58.4 Å². The van der Waals surface area contributed by atoms with E-state index in [1.165, 1.54) is 6.92 Å². The van der Waals surface area contributed by atoms with Crippen molar-refractivity contribution in [2.45, 2.75) is 90.0 Å². The quantitative estimate of drug-likeness (QED) is 0.392. The zero-order valence-corrected chi connectivity index (χ0v) is 22.6. The molecule has 1 aliphatic rings. The molecule has 1 heterocycles. The van der Waals surface area contributed by atoms with Gasteiger partial charge in [0, 0.05) is 13.1 Å². The van der Waals surface area contributed by atoms with Gasteiger partial charge in [-0.1, -0.05) is 44.2 Å². The van der Waals surface area contributed by atoms with E-state index in [4.69, 9.17) is 4.74 Å². The summed E-state index contributed by atoms with van der Waals surface area (Å²) in [6, 6.07) is 6.73. The van der Waals surface area contributed by atoms with E-state index in [0.29, 0.717) is 25.9 Å². The molecule has 0 bridgehead atoms. The number of nitrogens with zero attached hydrogens (tertiary/aromatic N) is 1. The fourth-order valence-corrected chi connectivity index (χ4v) is 4.44. The lowest BCUT2D eigenvalue weighted by atomic mass is 9.71. The van der Waals surface area contributed by atoms with Crippen molar-refractivity contribution in [3.63, 3.8) is 0 Å². The van der Waals surface area contributed by atoms with E-state index < -0.39 is 47.2 Å². The molecule has 1 aliphatic heterocycles. The fourth-order valence-electron chi connectivity index (χ4n) is 4.44. The van der Waals surface area contributed by atoms with E-state index in [2.05, 4.69) is 10.6 Å². The monoisotopic (exact) mass is 519 g/mol. The van der Waals surface area contributed by atoms with Crippen molar-refractivity contribution in [3.05, 3.63) is 35.9 Å². The number of carboxylic acid groups (broad SMARTS) is 1. The number of likely N-dealkylation sites (tertiary alicyclic amines) is 1. The minimum atomic E-state index is -1.50. The Bertz CT molecular complexity index is 948. The van der Waals surface area contributed by atoms with Crippen molar-refractivity contribution < 1.29 is 34.1 Å². The van der Waals surface area contributed by atoms with Crippen molar-refractivity contribution in [2.24, 2.45) is 5.92 Å². The standard InChI is InChI=1S/C27H41N3O7/c1-17(2)16-20(22(32)29-21(18(3)31)23(33)34)28-24(35)27(19-10-8-7-9-11-19)12-14-30(15-13-27)25(36)37-26(4,5)6/h7-11,17-18,20-21,31H,12-16H2,1-6H3,(H,28,35)(H,29,32)(H,33,34)/t18?,20-,21-/m0/s1. The molecule has 2 rings (SSSR count). The molecule has 0 saturated carbocycles. The van der Waals surface area contributed by atoms with Crippen LogP contribution in [0.2, 0.25) is 0 Å². The van der Waals surface area contributed by atoms with Crippen LogP contribution in [0, 0.1) is 5.92 Å². The third kappa shape index (κ3) is 8.18. The summed E-state index contributed by atoms with van der Waals surface area (Å²) in [5, 5.41) is 24.4.